The maximum atomic E-state index is 12.2. The van der Waals surface area contributed by atoms with Crippen molar-refractivity contribution in [3.05, 3.63) is 16.9 Å². The lowest BCUT2D eigenvalue weighted by Crippen LogP contribution is -2.53. The van der Waals surface area contributed by atoms with Crippen LogP contribution < -0.4 is 5.32 Å². The molecule has 2 aliphatic rings. The summed E-state index contributed by atoms with van der Waals surface area (Å²) in [6.45, 7) is 5.52. The highest BCUT2D eigenvalue weighted by Gasteiger charge is 2.34. The van der Waals surface area contributed by atoms with E-state index >= 15 is 0 Å². The van der Waals surface area contributed by atoms with E-state index in [1.807, 2.05) is 6.92 Å². The molecule has 22 heavy (non-hydrogen) atoms. The van der Waals surface area contributed by atoms with Crippen LogP contribution in [-0.2, 0) is 16.1 Å². The number of aromatic nitrogens is 2. The van der Waals surface area contributed by atoms with Gasteiger partial charge in [-0.05, 0) is 32.9 Å². The number of halogens is 1. The normalized spacial score (nSPS) is 26.3. The zero-order valence-corrected chi connectivity index (χ0v) is 13.7. The van der Waals surface area contributed by atoms with Crippen LogP contribution in [0.2, 0.25) is 5.02 Å². The van der Waals surface area contributed by atoms with Gasteiger partial charge >= 0.3 is 0 Å². The van der Waals surface area contributed by atoms with Crippen LogP contribution in [-0.4, -0.2) is 59.0 Å². The maximum Gasteiger partial charge on any atom is 0.242 e. The molecule has 0 spiro atoms. The van der Waals surface area contributed by atoms with Crippen LogP contribution in [0.3, 0.4) is 0 Å². The van der Waals surface area contributed by atoms with E-state index in [-0.39, 0.29) is 18.5 Å². The molecule has 2 atom stereocenters. The minimum Gasteiger partial charge on any atom is -0.378 e. The first-order valence-electron chi connectivity index (χ1n) is 7.94. The lowest BCUT2D eigenvalue weighted by molar-refractivity contribution is -0.122. The molecule has 122 valence electrons. The van der Waals surface area contributed by atoms with Gasteiger partial charge < -0.3 is 10.1 Å². The van der Waals surface area contributed by atoms with Crippen molar-refractivity contribution in [3.63, 3.8) is 0 Å². The average Bonchev–Trinajstić information content (AvgIpc) is 3.07. The van der Waals surface area contributed by atoms with Gasteiger partial charge in [-0.15, -0.1) is 0 Å². The van der Waals surface area contributed by atoms with Gasteiger partial charge in [0, 0.05) is 6.20 Å². The van der Waals surface area contributed by atoms with Crippen molar-refractivity contribution in [2.45, 2.75) is 44.8 Å². The van der Waals surface area contributed by atoms with E-state index in [9.17, 15) is 4.79 Å². The zero-order chi connectivity index (χ0) is 15.5. The van der Waals surface area contributed by atoms with Crippen molar-refractivity contribution in [2.75, 3.05) is 26.3 Å². The fourth-order valence-electron chi connectivity index (χ4n) is 3.26. The number of nitrogens with one attached hydrogen (secondary N) is 1. The monoisotopic (exact) mass is 326 g/mol. The van der Waals surface area contributed by atoms with Crippen molar-refractivity contribution in [1.82, 2.24) is 20.0 Å². The first kappa shape index (κ1) is 15.8. The fraction of sp³-hybridized carbons (Fsp3) is 0.733. The summed E-state index contributed by atoms with van der Waals surface area (Å²) in [6, 6.07) is 0.366. The summed E-state index contributed by atoms with van der Waals surface area (Å²) in [5.74, 6) is -0.0447. The van der Waals surface area contributed by atoms with Crippen molar-refractivity contribution in [3.8, 4) is 0 Å². The Morgan fingerprint density at radius 2 is 2.18 bits per heavy atom. The molecular formula is C15H23ClN4O2. The van der Waals surface area contributed by atoms with Crippen molar-refractivity contribution in [2.24, 2.45) is 0 Å². The molecule has 0 unspecified atom stereocenters. The molecule has 0 saturated carbocycles. The van der Waals surface area contributed by atoms with E-state index in [0.29, 0.717) is 24.3 Å². The number of rotatable bonds is 4. The van der Waals surface area contributed by atoms with Crippen molar-refractivity contribution in [1.29, 1.82) is 0 Å². The van der Waals surface area contributed by atoms with Gasteiger partial charge in [0.15, 0.2) is 0 Å². The highest BCUT2D eigenvalue weighted by Crippen LogP contribution is 2.19. The average molecular weight is 327 g/mol. The third-order valence-corrected chi connectivity index (χ3v) is 4.82. The molecule has 1 aromatic rings. The standard InChI is InChI=1S/C15H23ClN4O2/c1-11-12(16)7-20(18-11)8-15(21)17-13-9-22-10-14(13)19-5-3-2-4-6-19/h7,13-14H,2-6,8-10H2,1H3,(H,17,21)/t13-,14-/m0/s1. The molecule has 2 saturated heterocycles. The Morgan fingerprint density at radius 3 is 2.86 bits per heavy atom. The molecule has 1 aromatic heterocycles. The lowest BCUT2D eigenvalue weighted by Gasteiger charge is -2.34. The summed E-state index contributed by atoms with van der Waals surface area (Å²) in [6.07, 6.45) is 5.47. The topological polar surface area (TPSA) is 59.4 Å². The third-order valence-electron chi connectivity index (χ3n) is 4.45. The number of aryl methyl sites for hydroxylation is 1. The molecule has 0 aliphatic carbocycles. The minimum atomic E-state index is -0.0447. The van der Waals surface area contributed by atoms with Crippen LogP contribution in [0, 0.1) is 6.92 Å². The number of hydrogen-bond acceptors (Lipinski definition) is 4. The Balaban J connectivity index is 1.55. The lowest BCUT2D eigenvalue weighted by atomic mass is 10.0. The number of likely N-dealkylation sites (tertiary alicyclic amines) is 1. The van der Waals surface area contributed by atoms with Gasteiger partial charge in [0.05, 0.1) is 36.0 Å². The fourth-order valence-corrected chi connectivity index (χ4v) is 3.42. The van der Waals surface area contributed by atoms with Crippen LogP contribution in [0.25, 0.3) is 0 Å². The summed E-state index contributed by atoms with van der Waals surface area (Å²) in [5.41, 5.74) is 0.741. The molecule has 2 aliphatic heterocycles. The molecule has 6 nitrogen and oxygen atoms in total. The second-order valence-corrected chi connectivity index (χ2v) is 6.54. The number of piperidine rings is 1. The summed E-state index contributed by atoms with van der Waals surface area (Å²) in [5, 5.41) is 7.90. The molecule has 3 heterocycles. The summed E-state index contributed by atoms with van der Waals surface area (Å²) in [7, 11) is 0. The Bertz CT molecular complexity index is 508. The van der Waals surface area contributed by atoms with Crippen LogP contribution in [0.1, 0.15) is 25.0 Å². The Morgan fingerprint density at radius 1 is 1.41 bits per heavy atom. The van der Waals surface area contributed by atoms with Gasteiger partial charge in [0.1, 0.15) is 6.54 Å². The molecule has 0 aromatic carbocycles. The van der Waals surface area contributed by atoms with Gasteiger partial charge in [0.25, 0.3) is 0 Å². The van der Waals surface area contributed by atoms with E-state index in [2.05, 4.69) is 15.3 Å². The second kappa shape index (κ2) is 6.98. The van der Waals surface area contributed by atoms with Gasteiger partial charge in [-0.3, -0.25) is 14.4 Å². The Labute approximate surface area is 135 Å². The van der Waals surface area contributed by atoms with Gasteiger partial charge in [-0.2, -0.15) is 5.10 Å². The van der Waals surface area contributed by atoms with Gasteiger partial charge in [0.2, 0.25) is 5.91 Å². The SMILES string of the molecule is Cc1nn(CC(=O)N[C@H]2COC[C@@H]2N2CCCCC2)cc1Cl. The molecule has 1 N–H and O–H groups in total. The molecule has 0 radical (unpaired) electrons. The predicted molar refractivity (Wildman–Crippen MR) is 83.9 cm³/mol. The molecule has 3 rings (SSSR count). The van der Waals surface area contributed by atoms with Crippen molar-refractivity contribution >= 4 is 17.5 Å². The van der Waals surface area contributed by atoms with E-state index < -0.39 is 0 Å². The van der Waals surface area contributed by atoms with E-state index in [4.69, 9.17) is 16.3 Å². The van der Waals surface area contributed by atoms with Crippen LogP contribution in [0.5, 0.6) is 0 Å². The van der Waals surface area contributed by atoms with E-state index in [0.717, 1.165) is 18.8 Å². The zero-order valence-electron chi connectivity index (χ0n) is 12.9. The van der Waals surface area contributed by atoms with Crippen LogP contribution in [0.4, 0.5) is 0 Å². The predicted octanol–water partition coefficient (Wildman–Crippen LogP) is 1.21. The van der Waals surface area contributed by atoms with Crippen LogP contribution in [0.15, 0.2) is 6.20 Å². The molecule has 7 heteroatoms. The smallest absolute Gasteiger partial charge is 0.242 e. The minimum absolute atomic E-state index is 0.0447. The number of carbonyl (C=O) groups is 1. The number of carbonyl (C=O) groups excluding carboxylic acids is 1. The molecule has 1 amide bonds. The Hall–Kier alpha value is -1.11. The molecule has 2 fully saturated rings. The highest BCUT2D eigenvalue weighted by atomic mass is 35.5. The van der Waals surface area contributed by atoms with Gasteiger partial charge in [-0.1, -0.05) is 18.0 Å². The number of ether oxygens (including phenoxy) is 1. The third kappa shape index (κ3) is 3.62. The maximum absolute atomic E-state index is 12.2. The quantitative estimate of drug-likeness (QED) is 0.903. The largest absolute Gasteiger partial charge is 0.378 e. The van der Waals surface area contributed by atoms with E-state index in [1.54, 1.807) is 10.9 Å². The summed E-state index contributed by atoms with van der Waals surface area (Å²) < 4.78 is 7.18. The summed E-state index contributed by atoms with van der Waals surface area (Å²) in [4.78, 5) is 14.7. The molecule has 0 bridgehead atoms. The van der Waals surface area contributed by atoms with E-state index in [1.165, 1.54) is 19.3 Å². The first-order valence-corrected chi connectivity index (χ1v) is 8.32. The first-order chi connectivity index (χ1) is 10.6. The molecular weight excluding hydrogens is 304 g/mol. The number of hydrogen-bond donors (Lipinski definition) is 1. The Kier molecular flexibility index (Phi) is 5.00. The van der Waals surface area contributed by atoms with Crippen LogP contribution >= 0.6 is 11.6 Å². The van der Waals surface area contributed by atoms with Crippen molar-refractivity contribution < 1.29 is 9.53 Å². The second-order valence-electron chi connectivity index (χ2n) is 6.14. The summed E-state index contributed by atoms with van der Waals surface area (Å²) >= 11 is 5.97. The number of amides is 1. The van der Waals surface area contributed by atoms with Gasteiger partial charge in [-0.25, -0.2) is 0 Å². The highest BCUT2D eigenvalue weighted by molar-refractivity contribution is 6.31. The number of nitrogens with zero attached hydrogens (tertiary/aromatic N) is 3.